The number of ether oxygens (including phenoxy) is 6. The third kappa shape index (κ3) is 35.7. The van der Waals surface area contributed by atoms with E-state index in [9.17, 15) is 56.4 Å². The summed E-state index contributed by atoms with van der Waals surface area (Å²) in [6, 6.07) is 64.2. The first-order valence-corrected chi connectivity index (χ1v) is 47.3. The summed E-state index contributed by atoms with van der Waals surface area (Å²) in [7, 11) is 5.28. The standard InChI is InChI=1S/C23H20Cl2FNO3.C22H20Cl2FNO2.C15H12Cl2FNO2.C15H14Cl2FNO2.C14H10Cl2FNO2.C8H7Cl2NO2.C6H5Cl2N/c1-23(22(28)29-2,14-30-13-15-6-4-3-5-7-15)17-11-20(27-21(25)12-17)16-8-9-19(26)18(24)10-16;1-22(13-27,14-28-12-15-5-3-2-4-6-15)17-10-20(26-21(24)11-17)16-7-8-19(25)18(23)9-16;1-8(15(20)21-2)10-6-13(19-14(17)7-10)9-3-4-12(18)11(16)5-9;1-15(7-20,8-21)10-5-13(19-14(17)6-10)9-2-3-12(18)11(16)4-9;1-20-14(19)6-8-4-12(18-13(16)5-8)9-2-3-11(17)10(15)7-9;1-13-8(12)4-5-2-6(9)11-7(10)3-5;1-4-2-5(7)9-6(8)3-4/h3-12H,13-14H2,1-2H3;2-11,27H,12-14H2,1H3;3-8H,1-2H3;2-6,20-21H,7-8H2,1H3;2-5,7H,6H2,1H3;2-3H,4H2,1H3;2-3H,1H3. The van der Waals surface area contributed by atoms with E-state index in [1.807, 2.05) is 80.6 Å². The van der Waals surface area contributed by atoms with Gasteiger partial charge in [0, 0.05) is 38.6 Å². The van der Waals surface area contributed by atoms with Crippen LogP contribution in [0, 0.1) is 36.0 Å². The number of nitrogens with zero attached hydrogens (tertiary/aromatic N) is 7. The number of aryl methyl sites for hydroxylation is 1. The lowest BCUT2D eigenvalue weighted by Crippen LogP contribution is -2.38. The van der Waals surface area contributed by atoms with Gasteiger partial charge in [-0.2, -0.15) is 0 Å². The Bertz CT molecular complexity index is 6630. The summed E-state index contributed by atoms with van der Waals surface area (Å²) in [5.74, 6) is -4.60. The second-order valence-electron chi connectivity index (χ2n) is 31.7. The predicted molar refractivity (Wildman–Crippen MR) is 551 cm³/mol. The van der Waals surface area contributed by atoms with E-state index < -0.39 is 57.2 Å². The zero-order valence-electron chi connectivity index (χ0n) is 76.7. The fraction of sp³-hybridized carbons (Fsp3) is 0.214. The molecule has 0 radical (unpaired) electrons. The molecule has 0 aliphatic heterocycles. The van der Waals surface area contributed by atoms with E-state index in [-0.39, 0.29) is 118 Å². The van der Waals surface area contributed by atoms with E-state index in [1.165, 1.54) is 89.1 Å². The predicted octanol–water partition coefficient (Wildman–Crippen LogP) is 28.1. The van der Waals surface area contributed by atoms with Gasteiger partial charge in [-0.1, -0.05) is 237 Å². The molecule has 0 fully saturated rings. The highest BCUT2D eigenvalue weighted by Gasteiger charge is 2.38. The number of aliphatic hydroxyl groups is 3. The summed E-state index contributed by atoms with van der Waals surface area (Å²) in [5, 5.41) is 31.6. The fourth-order valence-electron chi connectivity index (χ4n) is 12.8. The molecule has 3 unspecified atom stereocenters. The number of rotatable bonds is 26. The number of aromatic nitrogens is 7. The molecule has 746 valence electrons. The smallest absolute Gasteiger partial charge is 0.318 e. The molecule has 0 saturated carbocycles. The minimum absolute atomic E-state index is 0.00112. The van der Waals surface area contributed by atoms with Crippen molar-refractivity contribution in [3.8, 4) is 56.3 Å². The Kier molecular flexibility index (Phi) is 46.6. The Labute approximate surface area is 886 Å². The van der Waals surface area contributed by atoms with Crippen LogP contribution < -0.4 is 0 Å². The normalized spacial score (nSPS) is 11.9. The van der Waals surface area contributed by atoms with Gasteiger partial charge in [0.1, 0.15) is 80.9 Å². The number of hydrogen-bond acceptors (Lipinski definition) is 20. The van der Waals surface area contributed by atoms with Crippen LogP contribution in [0.3, 0.4) is 0 Å². The van der Waals surface area contributed by atoms with Crippen molar-refractivity contribution in [2.24, 2.45) is 0 Å². The molecule has 3 atom stereocenters. The number of benzene rings is 7. The van der Waals surface area contributed by atoms with Crippen molar-refractivity contribution in [2.45, 2.75) is 82.8 Å². The van der Waals surface area contributed by atoms with E-state index in [2.05, 4.69) is 44.4 Å². The summed E-state index contributed by atoms with van der Waals surface area (Å²) in [6.45, 7) is 9.47. The Morgan fingerprint density at radius 2 is 0.620 bits per heavy atom. The van der Waals surface area contributed by atoms with Crippen LogP contribution in [0.25, 0.3) is 56.3 Å². The maximum absolute atomic E-state index is 13.5. The number of pyridine rings is 7. The van der Waals surface area contributed by atoms with Crippen molar-refractivity contribution in [3.63, 3.8) is 0 Å². The molecule has 0 aliphatic rings. The van der Waals surface area contributed by atoms with E-state index in [0.29, 0.717) is 114 Å². The summed E-state index contributed by atoms with van der Waals surface area (Å²) in [4.78, 5) is 75.1. The van der Waals surface area contributed by atoms with Gasteiger partial charge in [0.05, 0.1) is 147 Å². The first kappa shape index (κ1) is 117. The topological polar surface area (TPSA) is 275 Å². The van der Waals surface area contributed by atoms with Crippen molar-refractivity contribution in [1.29, 1.82) is 0 Å². The lowest BCUT2D eigenvalue weighted by atomic mass is 9.83. The molecule has 0 amide bonds. The first-order chi connectivity index (χ1) is 67.3. The van der Waals surface area contributed by atoms with Crippen LogP contribution in [0.4, 0.5) is 22.0 Å². The average molecular weight is 2220 g/mol. The van der Waals surface area contributed by atoms with Crippen molar-refractivity contribution in [1.82, 2.24) is 34.9 Å². The lowest BCUT2D eigenvalue weighted by molar-refractivity contribution is -0.150. The third-order valence-electron chi connectivity index (χ3n) is 20.8. The van der Waals surface area contributed by atoms with Gasteiger partial charge in [0.2, 0.25) is 0 Å². The molecule has 0 saturated heterocycles. The molecule has 7 heterocycles. The van der Waals surface area contributed by atoms with Crippen LogP contribution >= 0.6 is 162 Å². The van der Waals surface area contributed by atoms with Gasteiger partial charge in [0.25, 0.3) is 0 Å². The molecule has 0 bridgehead atoms. The highest BCUT2D eigenvalue weighted by atomic mass is 35.5. The fourth-order valence-corrected chi connectivity index (χ4v) is 15.8. The molecule has 20 nitrogen and oxygen atoms in total. The van der Waals surface area contributed by atoms with E-state index in [0.717, 1.165) is 22.3 Å². The summed E-state index contributed by atoms with van der Waals surface area (Å²) < 4.78 is 97.1. The van der Waals surface area contributed by atoms with Gasteiger partial charge < -0.3 is 43.7 Å². The zero-order valence-corrected chi connectivity index (χ0v) is 87.3. The summed E-state index contributed by atoms with van der Waals surface area (Å²) >= 11 is 81.8. The number of carbonyl (C=O) groups excluding carboxylic acids is 4. The molecule has 14 aromatic rings. The number of esters is 4. The molecule has 142 heavy (non-hydrogen) atoms. The Balaban J connectivity index is 0.000000207. The third-order valence-corrected chi connectivity index (χ3v) is 24.0. The van der Waals surface area contributed by atoms with Crippen LogP contribution in [0.1, 0.15) is 83.7 Å². The molecule has 7 aromatic carbocycles. The highest BCUT2D eigenvalue weighted by molar-refractivity contribution is 6.35. The number of methoxy groups -OCH3 is 4. The monoisotopic (exact) mass is 2220 g/mol. The quantitative estimate of drug-likeness (QED) is 0.0197. The minimum atomic E-state index is -1.13. The molecule has 0 aliphatic carbocycles. The number of carbonyl (C=O) groups is 4. The Morgan fingerprint density at radius 1 is 0.324 bits per heavy atom. The maximum atomic E-state index is 13.5. The maximum Gasteiger partial charge on any atom is 0.318 e. The second kappa shape index (κ2) is 56.5. The van der Waals surface area contributed by atoms with Gasteiger partial charge in [-0.3, -0.25) is 19.2 Å². The van der Waals surface area contributed by atoms with Crippen molar-refractivity contribution < 1.29 is 84.9 Å². The van der Waals surface area contributed by atoms with Gasteiger partial charge in [-0.05, 0) is 247 Å². The van der Waals surface area contributed by atoms with Gasteiger partial charge in [-0.25, -0.2) is 56.8 Å². The molecular weight excluding hydrogens is 2130 g/mol. The average Bonchev–Trinajstić information content (AvgIpc) is 0.788. The van der Waals surface area contributed by atoms with E-state index in [1.54, 1.807) is 130 Å². The van der Waals surface area contributed by atoms with Crippen molar-refractivity contribution in [3.05, 3.63) is 387 Å². The van der Waals surface area contributed by atoms with Crippen molar-refractivity contribution >= 4 is 186 Å². The number of aliphatic hydroxyl groups excluding tert-OH is 3. The summed E-state index contributed by atoms with van der Waals surface area (Å²) in [6.07, 6.45) is 0.235. The molecule has 7 aromatic heterocycles. The molecule has 0 spiro atoms. The first-order valence-electron chi connectivity index (χ1n) is 42.0. The van der Waals surface area contributed by atoms with Crippen LogP contribution in [-0.2, 0) is 89.9 Å². The zero-order chi connectivity index (χ0) is 104. The number of halogens is 19. The second-order valence-corrected chi connectivity index (χ2v) is 37.2. The van der Waals surface area contributed by atoms with Gasteiger partial charge in [-0.15, -0.1) is 0 Å². The molecule has 39 heteroatoms. The van der Waals surface area contributed by atoms with Crippen LogP contribution in [-0.4, -0.2) is 136 Å². The molecule has 3 N–H and O–H groups in total. The minimum Gasteiger partial charge on any atom is -0.469 e. The molecular formula is C103H88Cl14F5N7O13. The largest absolute Gasteiger partial charge is 0.469 e. The van der Waals surface area contributed by atoms with Crippen LogP contribution in [0.15, 0.2) is 237 Å². The van der Waals surface area contributed by atoms with Crippen LogP contribution in [0.5, 0.6) is 0 Å². The highest BCUT2D eigenvalue weighted by Crippen LogP contribution is 2.38. The summed E-state index contributed by atoms with van der Waals surface area (Å²) in [5.41, 5.74) is 9.97. The van der Waals surface area contributed by atoms with E-state index >= 15 is 0 Å². The molecule has 14 rings (SSSR count). The number of hydrogen-bond donors (Lipinski definition) is 3. The van der Waals surface area contributed by atoms with Crippen LogP contribution in [0.2, 0.25) is 71.5 Å². The van der Waals surface area contributed by atoms with Crippen molar-refractivity contribution in [2.75, 3.05) is 61.5 Å². The van der Waals surface area contributed by atoms with Gasteiger partial charge in [0.15, 0.2) is 0 Å². The van der Waals surface area contributed by atoms with Gasteiger partial charge >= 0.3 is 23.9 Å². The van der Waals surface area contributed by atoms with E-state index in [4.69, 9.17) is 181 Å². The SMILES string of the molecule is CC(CO)(CO)c1cc(Cl)nc(-c2ccc(F)c(Cl)c2)c1.CC(CO)(COCc1ccccc1)c1cc(Cl)nc(-c2ccc(F)c(Cl)c2)c1.COC(=O)C(C)(COCc1ccccc1)c1cc(Cl)nc(-c2ccc(F)c(Cl)c2)c1.COC(=O)C(C)c1cc(Cl)nc(-c2ccc(F)c(Cl)c2)c1.COC(=O)Cc1cc(Cl)nc(-c2ccc(F)c(Cl)c2)c1.COC(=O)Cc1cc(Cl)nc(Cl)c1.Cc1cc(Cl)nc(Cl)c1. The lowest BCUT2D eigenvalue weighted by Gasteiger charge is -2.28. The Hall–Kier alpha value is -10.0. The Morgan fingerprint density at radius 3 is 0.951 bits per heavy atom.